The summed E-state index contributed by atoms with van der Waals surface area (Å²) in [5.41, 5.74) is 5.63. The Bertz CT molecular complexity index is 466. The highest BCUT2D eigenvalue weighted by Gasteiger charge is 2.39. The lowest BCUT2D eigenvalue weighted by Gasteiger charge is -2.45. The van der Waals surface area contributed by atoms with Crippen molar-refractivity contribution in [2.75, 3.05) is 0 Å². The second kappa shape index (κ2) is 3.95. The summed E-state index contributed by atoms with van der Waals surface area (Å²) in [4.78, 5) is 0. The van der Waals surface area contributed by atoms with E-state index >= 15 is 0 Å². The molecule has 3 heteroatoms. The Morgan fingerprint density at radius 3 is 1.56 bits per heavy atom. The first kappa shape index (κ1) is 13.8. The highest BCUT2D eigenvalue weighted by atomic mass is 14.4. The van der Waals surface area contributed by atoms with E-state index in [-0.39, 0.29) is 10.8 Å². The van der Waals surface area contributed by atoms with Crippen molar-refractivity contribution in [1.29, 1.82) is 0 Å². The molecule has 18 heavy (non-hydrogen) atoms. The Kier molecular flexibility index (Phi) is 3.04. The van der Waals surface area contributed by atoms with E-state index in [2.05, 4.69) is 27.7 Å². The standard InChI is InChI=1S/C15H19B3/c1-8-11(16)9-10(13(18)12(8)17)15(4,5)7-6-14(9,2)3/h6-7H2,1-5H3. The van der Waals surface area contributed by atoms with E-state index in [1.54, 1.807) is 0 Å². The molecular formula is C15H19B3. The van der Waals surface area contributed by atoms with Gasteiger partial charge in [-0.25, -0.2) is 0 Å². The predicted molar refractivity (Wildman–Crippen MR) is 82.6 cm³/mol. The van der Waals surface area contributed by atoms with Gasteiger partial charge in [-0.05, 0) is 41.7 Å². The van der Waals surface area contributed by atoms with Gasteiger partial charge in [0.1, 0.15) is 23.5 Å². The number of fused-ring (bicyclic) bond motifs is 1. The zero-order valence-corrected chi connectivity index (χ0v) is 12.1. The molecule has 0 amide bonds. The number of rotatable bonds is 0. The summed E-state index contributed by atoms with van der Waals surface area (Å²) in [6.07, 6.45) is 2.24. The summed E-state index contributed by atoms with van der Waals surface area (Å²) >= 11 is 0. The quantitative estimate of drug-likeness (QED) is 0.578. The van der Waals surface area contributed by atoms with Gasteiger partial charge < -0.3 is 0 Å². The van der Waals surface area contributed by atoms with Crippen LogP contribution in [-0.2, 0) is 10.8 Å². The highest BCUT2D eigenvalue weighted by molar-refractivity contribution is 6.52. The topological polar surface area (TPSA) is 0 Å². The lowest BCUT2D eigenvalue weighted by Crippen LogP contribution is -2.49. The zero-order valence-electron chi connectivity index (χ0n) is 12.1. The fraction of sp³-hybridized carbons (Fsp3) is 0.600. The molecule has 0 saturated heterocycles. The van der Waals surface area contributed by atoms with Gasteiger partial charge in [0, 0.05) is 0 Å². The first-order valence-corrected chi connectivity index (χ1v) is 6.57. The van der Waals surface area contributed by atoms with Crippen LogP contribution in [0.25, 0.3) is 0 Å². The molecule has 0 atom stereocenters. The summed E-state index contributed by atoms with van der Waals surface area (Å²) in [7, 11) is 18.7. The Balaban J connectivity index is 2.92. The van der Waals surface area contributed by atoms with Crippen molar-refractivity contribution in [3.63, 3.8) is 0 Å². The highest BCUT2D eigenvalue weighted by Crippen LogP contribution is 2.43. The maximum absolute atomic E-state index is 6.33. The molecule has 0 heterocycles. The summed E-state index contributed by atoms with van der Waals surface area (Å²) in [5.74, 6) is 0. The smallest absolute Gasteiger partial charge is 0.101 e. The minimum absolute atomic E-state index is 0.0465. The summed E-state index contributed by atoms with van der Waals surface area (Å²) in [6.45, 7) is 10.9. The number of benzene rings is 1. The number of hydrogen-bond acceptors (Lipinski definition) is 0. The molecule has 1 aliphatic rings. The molecule has 0 nitrogen and oxygen atoms in total. The third kappa shape index (κ3) is 1.78. The molecule has 6 radical (unpaired) electrons. The molecule has 0 bridgehead atoms. The lowest BCUT2D eigenvalue weighted by molar-refractivity contribution is 0.335. The maximum Gasteiger partial charge on any atom is 0.114 e. The van der Waals surface area contributed by atoms with E-state index in [1.165, 1.54) is 11.1 Å². The van der Waals surface area contributed by atoms with Gasteiger partial charge in [-0.15, -0.1) is 5.46 Å². The van der Waals surface area contributed by atoms with E-state index in [9.17, 15) is 0 Å². The van der Waals surface area contributed by atoms with Gasteiger partial charge in [0.15, 0.2) is 0 Å². The SMILES string of the molecule is [B]c1c([B])c2c(c([B])c1C)C(C)(C)CCC2(C)C. The van der Waals surface area contributed by atoms with Gasteiger partial charge in [-0.1, -0.05) is 44.2 Å². The molecule has 0 unspecified atom stereocenters. The van der Waals surface area contributed by atoms with Crippen LogP contribution < -0.4 is 16.4 Å². The molecule has 0 N–H and O–H groups in total. The van der Waals surface area contributed by atoms with Crippen molar-refractivity contribution in [3.05, 3.63) is 16.7 Å². The van der Waals surface area contributed by atoms with E-state index in [0.717, 1.165) is 29.3 Å². The molecular weight excluding hydrogens is 213 g/mol. The van der Waals surface area contributed by atoms with Gasteiger partial charge in [-0.2, -0.15) is 0 Å². The Hall–Kier alpha value is -0.585. The zero-order chi connectivity index (χ0) is 13.9. The van der Waals surface area contributed by atoms with Crippen molar-refractivity contribution >= 4 is 39.9 Å². The van der Waals surface area contributed by atoms with Crippen molar-refractivity contribution in [1.82, 2.24) is 0 Å². The average molecular weight is 232 g/mol. The first-order chi connectivity index (χ1) is 8.09. The molecule has 1 aromatic rings. The predicted octanol–water partition coefficient (Wildman–Crippen LogP) is 0.725. The monoisotopic (exact) mass is 232 g/mol. The van der Waals surface area contributed by atoms with Crippen LogP contribution in [0.15, 0.2) is 0 Å². The third-order valence-electron chi connectivity index (χ3n) is 4.62. The second-order valence-corrected chi connectivity index (χ2v) is 6.88. The molecule has 2 rings (SSSR count). The molecule has 88 valence electrons. The fourth-order valence-corrected chi connectivity index (χ4v) is 3.22. The summed E-state index contributed by atoms with van der Waals surface area (Å²) < 4.78 is 0. The van der Waals surface area contributed by atoms with Gasteiger partial charge in [-0.3, -0.25) is 0 Å². The Morgan fingerprint density at radius 1 is 0.722 bits per heavy atom. The summed E-state index contributed by atoms with van der Waals surface area (Å²) in [5, 5.41) is 0. The van der Waals surface area contributed by atoms with Crippen LogP contribution in [0.1, 0.15) is 57.2 Å². The van der Waals surface area contributed by atoms with Crippen molar-refractivity contribution in [2.24, 2.45) is 0 Å². The normalized spacial score (nSPS) is 20.5. The van der Waals surface area contributed by atoms with E-state index in [4.69, 9.17) is 23.5 Å². The van der Waals surface area contributed by atoms with Crippen LogP contribution in [-0.4, -0.2) is 23.5 Å². The molecule has 0 spiro atoms. The van der Waals surface area contributed by atoms with Crippen LogP contribution in [0, 0.1) is 6.92 Å². The summed E-state index contributed by atoms with van der Waals surface area (Å²) in [6, 6.07) is 0. The Labute approximate surface area is 115 Å². The average Bonchev–Trinajstić information content (AvgIpc) is 2.26. The van der Waals surface area contributed by atoms with Crippen LogP contribution >= 0.6 is 0 Å². The van der Waals surface area contributed by atoms with Crippen LogP contribution in [0.2, 0.25) is 0 Å². The van der Waals surface area contributed by atoms with E-state index in [0.29, 0.717) is 5.46 Å². The largest absolute Gasteiger partial charge is 0.114 e. The van der Waals surface area contributed by atoms with Gasteiger partial charge >= 0.3 is 0 Å². The van der Waals surface area contributed by atoms with Crippen molar-refractivity contribution < 1.29 is 0 Å². The number of hydrogen-bond donors (Lipinski definition) is 0. The van der Waals surface area contributed by atoms with E-state index in [1.807, 2.05) is 6.92 Å². The molecule has 1 aliphatic carbocycles. The second-order valence-electron chi connectivity index (χ2n) is 6.88. The first-order valence-electron chi connectivity index (χ1n) is 6.57. The van der Waals surface area contributed by atoms with Crippen LogP contribution in [0.3, 0.4) is 0 Å². The van der Waals surface area contributed by atoms with E-state index < -0.39 is 0 Å². The minimum atomic E-state index is 0.0465. The van der Waals surface area contributed by atoms with Crippen molar-refractivity contribution in [3.8, 4) is 0 Å². The molecule has 0 fully saturated rings. The van der Waals surface area contributed by atoms with Gasteiger partial charge in [0.25, 0.3) is 0 Å². The lowest BCUT2D eigenvalue weighted by atomic mass is 9.54. The molecule has 1 aromatic carbocycles. The molecule has 0 saturated carbocycles. The van der Waals surface area contributed by atoms with Crippen LogP contribution in [0.5, 0.6) is 0 Å². The third-order valence-corrected chi connectivity index (χ3v) is 4.62. The maximum atomic E-state index is 6.33. The van der Waals surface area contributed by atoms with Gasteiger partial charge in [0.2, 0.25) is 0 Å². The molecule has 0 aromatic heterocycles. The molecule has 0 aliphatic heterocycles. The van der Waals surface area contributed by atoms with Crippen LogP contribution in [0.4, 0.5) is 0 Å². The van der Waals surface area contributed by atoms with Gasteiger partial charge in [0.05, 0.1) is 0 Å². The Morgan fingerprint density at radius 2 is 1.11 bits per heavy atom. The van der Waals surface area contributed by atoms with Crippen molar-refractivity contribution in [2.45, 2.75) is 58.3 Å². The minimum Gasteiger partial charge on any atom is -0.101 e. The fourth-order valence-electron chi connectivity index (χ4n) is 3.22.